The summed E-state index contributed by atoms with van der Waals surface area (Å²) in [7, 11) is 0. The summed E-state index contributed by atoms with van der Waals surface area (Å²) in [4.78, 5) is 38.6. The molecule has 6 heteroatoms. The molecular formula is C20H21N3O3. The van der Waals surface area contributed by atoms with E-state index in [1.165, 1.54) is 10.1 Å². The van der Waals surface area contributed by atoms with Gasteiger partial charge in [-0.1, -0.05) is 45.0 Å². The van der Waals surface area contributed by atoms with Gasteiger partial charge in [-0.25, -0.2) is 4.79 Å². The Hall–Kier alpha value is -3.15. The number of fused-ring (bicyclic) bond motifs is 1. The van der Waals surface area contributed by atoms with E-state index in [9.17, 15) is 14.4 Å². The van der Waals surface area contributed by atoms with Gasteiger partial charge in [0.15, 0.2) is 0 Å². The lowest BCUT2D eigenvalue weighted by molar-refractivity contribution is -0.116. The van der Waals surface area contributed by atoms with Crippen molar-refractivity contribution in [2.75, 3.05) is 5.32 Å². The minimum Gasteiger partial charge on any atom is -0.325 e. The largest absolute Gasteiger partial charge is 0.329 e. The Morgan fingerprint density at radius 3 is 2.35 bits per heavy atom. The maximum absolute atomic E-state index is 12.4. The zero-order valence-corrected chi connectivity index (χ0v) is 15.0. The highest BCUT2D eigenvalue weighted by atomic mass is 16.2. The van der Waals surface area contributed by atoms with Crippen LogP contribution in [0.25, 0.3) is 10.9 Å². The molecule has 3 rings (SSSR count). The Kier molecular flexibility index (Phi) is 4.50. The fourth-order valence-electron chi connectivity index (χ4n) is 2.80. The number of benzene rings is 2. The summed E-state index contributed by atoms with van der Waals surface area (Å²) in [6, 6.07) is 14.3. The fourth-order valence-corrected chi connectivity index (χ4v) is 2.80. The molecule has 1 heterocycles. The number of amides is 1. The van der Waals surface area contributed by atoms with Gasteiger partial charge >= 0.3 is 5.69 Å². The zero-order valence-electron chi connectivity index (χ0n) is 15.0. The van der Waals surface area contributed by atoms with E-state index >= 15 is 0 Å². The lowest BCUT2D eigenvalue weighted by Gasteiger charge is -2.19. The highest BCUT2D eigenvalue weighted by Crippen LogP contribution is 2.23. The molecule has 0 fully saturated rings. The van der Waals surface area contributed by atoms with Gasteiger partial charge in [0.25, 0.3) is 5.56 Å². The smallest absolute Gasteiger partial charge is 0.325 e. The molecular weight excluding hydrogens is 330 g/mol. The highest BCUT2D eigenvalue weighted by molar-refractivity contribution is 5.91. The van der Waals surface area contributed by atoms with Gasteiger partial charge < -0.3 is 5.32 Å². The molecule has 0 spiro atoms. The van der Waals surface area contributed by atoms with Crippen LogP contribution in [0.3, 0.4) is 0 Å². The Morgan fingerprint density at radius 2 is 1.69 bits per heavy atom. The summed E-state index contributed by atoms with van der Waals surface area (Å²) in [5.74, 6) is -0.340. The number of para-hydroxylation sites is 1. The van der Waals surface area contributed by atoms with Crippen LogP contribution in [0.15, 0.2) is 58.1 Å². The number of hydrogen-bond acceptors (Lipinski definition) is 3. The molecule has 1 aromatic heterocycles. The Morgan fingerprint density at radius 1 is 1.04 bits per heavy atom. The average molecular weight is 351 g/mol. The van der Waals surface area contributed by atoms with Crippen LogP contribution >= 0.6 is 0 Å². The first-order valence-electron chi connectivity index (χ1n) is 8.38. The van der Waals surface area contributed by atoms with Crippen molar-refractivity contribution in [3.8, 4) is 0 Å². The van der Waals surface area contributed by atoms with Crippen molar-refractivity contribution in [2.45, 2.75) is 32.7 Å². The van der Waals surface area contributed by atoms with Crippen LogP contribution in [0.4, 0.5) is 5.69 Å². The molecule has 0 bridgehead atoms. The third-order valence-corrected chi connectivity index (χ3v) is 4.24. The van der Waals surface area contributed by atoms with Crippen molar-refractivity contribution in [3.05, 3.63) is 74.9 Å². The molecule has 134 valence electrons. The topological polar surface area (TPSA) is 84.0 Å². The molecule has 0 saturated carbocycles. The summed E-state index contributed by atoms with van der Waals surface area (Å²) in [6.45, 7) is 6.17. The Bertz CT molecular complexity index is 1070. The van der Waals surface area contributed by atoms with Crippen molar-refractivity contribution in [1.82, 2.24) is 9.55 Å². The third-order valence-electron chi connectivity index (χ3n) is 4.24. The maximum atomic E-state index is 12.4. The number of rotatable bonds is 3. The first-order valence-corrected chi connectivity index (χ1v) is 8.38. The number of nitrogens with one attached hydrogen (secondary N) is 2. The van der Waals surface area contributed by atoms with Gasteiger partial charge in [-0.15, -0.1) is 0 Å². The van der Waals surface area contributed by atoms with Gasteiger partial charge in [0, 0.05) is 5.69 Å². The van der Waals surface area contributed by atoms with E-state index in [1.807, 2.05) is 24.3 Å². The molecule has 0 atom stereocenters. The molecule has 0 aliphatic heterocycles. The number of aromatic amines is 1. The molecule has 2 N–H and O–H groups in total. The van der Waals surface area contributed by atoms with Crippen LogP contribution in [0.5, 0.6) is 0 Å². The predicted octanol–water partition coefficient (Wildman–Crippen LogP) is 2.63. The Balaban J connectivity index is 1.84. The fraction of sp³-hybridized carbons (Fsp3) is 0.250. The third kappa shape index (κ3) is 3.59. The second-order valence-corrected chi connectivity index (χ2v) is 7.24. The molecule has 0 unspecified atom stereocenters. The lowest BCUT2D eigenvalue weighted by Crippen LogP contribution is -2.34. The van der Waals surface area contributed by atoms with Crippen molar-refractivity contribution >= 4 is 22.5 Å². The molecule has 6 nitrogen and oxygen atoms in total. The molecule has 26 heavy (non-hydrogen) atoms. The van der Waals surface area contributed by atoms with Crippen LogP contribution in [0.2, 0.25) is 0 Å². The number of nitrogens with zero attached hydrogens (tertiary/aromatic N) is 1. The van der Waals surface area contributed by atoms with Gasteiger partial charge in [-0.3, -0.25) is 19.1 Å². The molecule has 1 amide bonds. The second kappa shape index (κ2) is 6.63. The summed E-state index contributed by atoms with van der Waals surface area (Å²) in [5.41, 5.74) is 1.22. The normalized spacial score (nSPS) is 11.5. The van der Waals surface area contributed by atoms with Crippen LogP contribution in [-0.4, -0.2) is 15.5 Å². The lowest BCUT2D eigenvalue weighted by atomic mass is 9.87. The number of anilines is 1. The van der Waals surface area contributed by atoms with E-state index in [2.05, 4.69) is 31.1 Å². The molecule has 0 radical (unpaired) electrons. The number of aromatic nitrogens is 2. The highest BCUT2D eigenvalue weighted by Gasteiger charge is 2.14. The van der Waals surface area contributed by atoms with Crippen LogP contribution < -0.4 is 16.6 Å². The van der Waals surface area contributed by atoms with E-state index in [1.54, 1.807) is 24.3 Å². The minimum absolute atomic E-state index is 0.0324. The molecule has 3 aromatic rings. The molecule has 0 saturated heterocycles. The van der Waals surface area contributed by atoms with Crippen molar-refractivity contribution in [1.29, 1.82) is 0 Å². The SMILES string of the molecule is CC(C)(C)c1ccc(NC(=O)Cn2c(=O)[nH]c(=O)c3ccccc32)cc1. The first-order chi connectivity index (χ1) is 12.3. The molecule has 0 aliphatic carbocycles. The van der Waals surface area contributed by atoms with Gasteiger partial charge in [0.05, 0.1) is 10.9 Å². The molecule has 2 aromatic carbocycles. The van der Waals surface area contributed by atoms with Crippen LogP contribution in [0, 0.1) is 0 Å². The summed E-state index contributed by atoms with van der Waals surface area (Å²) < 4.78 is 1.26. The summed E-state index contributed by atoms with van der Waals surface area (Å²) in [5, 5.41) is 3.15. The molecule has 0 aliphatic rings. The first kappa shape index (κ1) is 17.7. The monoisotopic (exact) mass is 351 g/mol. The van der Waals surface area contributed by atoms with E-state index < -0.39 is 11.2 Å². The van der Waals surface area contributed by atoms with Crippen LogP contribution in [-0.2, 0) is 16.8 Å². The van der Waals surface area contributed by atoms with E-state index in [0.717, 1.165) is 0 Å². The number of carbonyl (C=O) groups excluding carboxylic acids is 1. The van der Waals surface area contributed by atoms with E-state index in [4.69, 9.17) is 0 Å². The van der Waals surface area contributed by atoms with Gasteiger partial charge in [-0.2, -0.15) is 0 Å². The van der Waals surface area contributed by atoms with Gasteiger partial charge in [-0.05, 0) is 35.2 Å². The summed E-state index contributed by atoms with van der Waals surface area (Å²) >= 11 is 0. The van der Waals surface area contributed by atoms with Crippen molar-refractivity contribution < 1.29 is 4.79 Å². The second-order valence-electron chi connectivity index (χ2n) is 7.24. The quantitative estimate of drug-likeness (QED) is 0.761. The van der Waals surface area contributed by atoms with Crippen molar-refractivity contribution in [2.24, 2.45) is 0 Å². The van der Waals surface area contributed by atoms with Crippen LogP contribution in [0.1, 0.15) is 26.3 Å². The summed E-state index contributed by atoms with van der Waals surface area (Å²) in [6.07, 6.45) is 0. The van der Waals surface area contributed by atoms with E-state index in [-0.39, 0.29) is 17.9 Å². The minimum atomic E-state index is -0.605. The van der Waals surface area contributed by atoms with Gasteiger partial charge in [0.2, 0.25) is 5.91 Å². The van der Waals surface area contributed by atoms with Crippen molar-refractivity contribution in [3.63, 3.8) is 0 Å². The Labute approximate surface area is 150 Å². The van der Waals surface area contributed by atoms with E-state index in [0.29, 0.717) is 16.6 Å². The average Bonchev–Trinajstić information content (AvgIpc) is 2.58. The number of H-pyrrole nitrogens is 1. The predicted molar refractivity (Wildman–Crippen MR) is 103 cm³/mol. The van der Waals surface area contributed by atoms with Gasteiger partial charge in [0.1, 0.15) is 6.54 Å². The standard InChI is InChI=1S/C20H21N3O3/c1-20(2,3)13-8-10-14(11-9-13)21-17(24)12-23-16-7-5-4-6-15(16)18(25)22-19(23)26/h4-11H,12H2,1-3H3,(H,21,24)(H,22,25,26). The number of carbonyl (C=O) groups is 1. The zero-order chi connectivity index (χ0) is 18.9. The maximum Gasteiger partial charge on any atom is 0.329 e. The number of hydrogen-bond donors (Lipinski definition) is 2.